The summed E-state index contributed by atoms with van der Waals surface area (Å²) in [6.07, 6.45) is 0. The SMILES string of the molecule is O.O.O.O.O.[Ag].[InH3].[InH3].[Zn].[Zn]. The van der Waals surface area contributed by atoms with E-state index in [0.717, 1.165) is 0 Å². The van der Waals surface area contributed by atoms with Crippen molar-refractivity contribution in [3.63, 3.8) is 0 Å². The molecule has 1 radical (unpaired) electrons. The molecular formula is H16AgIn2O5Zn2. The van der Waals surface area contributed by atoms with Crippen molar-refractivity contribution < 1.29 is 88.7 Å². The Bertz CT molecular complexity index is 17.6. The van der Waals surface area contributed by atoms with Gasteiger partial charge in [0.05, 0.1) is 0 Å². The van der Waals surface area contributed by atoms with Crippen LogP contribution in [0.4, 0.5) is 0 Å². The van der Waals surface area contributed by atoms with Crippen LogP contribution in [0.25, 0.3) is 0 Å². The molecule has 0 atom stereocenters. The molecule has 10 heavy (non-hydrogen) atoms. The number of hydrogen-bond acceptors (Lipinski definition) is 0. The second kappa shape index (κ2) is 134. The van der Waals surface area contributed by atoms with Gasteiger partial charge in [-0.25, -0.2) is 0 Å². The molecule has 0 unspecified atom stereocenters. The Kier molecular flexibility index (Phi) is 2280. The molecule has 0 bridgehead atoms. The van der Waals surface area contributed by atoms with Gasteiger partial charge in [-0.05, 0) is 0 Å². The van der Waals surface area contributed by atoms with Crippen molar-refractivity contribution in [2.24, 2.45) is 0 Å². The normalized spacial score (nSPS) is 0. The first-order valence-corrected chi connectivity index (χ1v) is 0. The minimum absolute atomic E-state index is 0. The summed E-state index contributed by atoms with van der Waals surface area (Å²) in [5.41, 5.74) is 0. The van der Waals surface area contributed by atoms with Crippen LogP contribution in [-0.4, -0.2) is 79.1 Å². The van der Waals surface area contributed by atoms with E-state index in [9.17, 15) is 0 Å². The first-order valence-electron chi connectivity index (χ1n) is 0. The predicted molar refractivity (Wildman–Crippen MR) is 37.9 cm³/mol. The van der Waals surface area contributed by atoms with Crippen LogP contribution < -0.4 is 0 Å². The Labute approximate surface area is 138 Å². The third-order valence-electron chi connectivity index (χ3n) is 0. The van der Waals surface area contributed by atoms with Crippen molar-refractivity contribution in [2.75, 3.05) is 0 Å². The number of rotatable bonds is 0. The Balaban J connectivity index is 0. The van der Waals surface area contributed by atoms with Crippen molar-refractivity contribution in [3.05, 3.63) is 0 Å². The molecule has 0 aromatic rings. The topological polar surface area (TPSA) is 158 Å². The van der Waals surface area contributed by atoms with E-state index in [1.54, 1.807) is 0 Å². The van der Waals surface area contributed by atoms with Gasteiger partial charge in [-0.2, -0.15) is 0 Å². The molecule has 5 nitrogen and oxygen atoms in total. The molecule has 0 rings (SSSR count). The minimum atomic E-state index is 0. The fraction of sp³-hybridized carbons (Fsp3) is 0. The zero-order chi connectivity index (χ0) is 0. The van der Waals surface area contributed by atoms with E-state index in [2.05, 4.69) is 0 Å². The average Bonchev–Trinajstić information content (AvgIpc) is 0. The molecule has 0 aliphatic rings. The summed E-state index contributed by atoms with van der Waals surface area (Å²) >= 11 is 0. The van der Waals surface area contributed by atoms with E-state index in [-0.39, 0.29) is 140 Å². The maximum absolute atomic E-state index is 0. The van der Waals surface area contributed by atoms with Gasteiger partial charge in [-0.3, -0.25) is 0 Å². The summed E-state index contributed by atoms with van der Waals surface area (Å²) < 4.78 is 0. The summed E-state index contributed by atoms with van der Waals surface area (Å²) in [6, 6.07) is 0. The molecule has 0 heterocycles. The summed E-state index contributed by atoms with van der Waals surface area (Å²) in [4.78, 5) is 0. The van der Waals surface area contributed by atoms with Crippen LogP contribution in [0.15, 0.2) is 0 Å². The summed E-state index contributed by atoms with van der Waals surface area (Å²) in [5.74, 6) is 0. The van der Waals surface area contributed by atoms with E-state index in [4.69, 9.17) is 0 Å². The predicted octanol–water partition coefficient (Wildman–Crippen LogP) is -6.50. The van der Waals surface area contributed by atoms with Crippen molar-refractivity contribution in [1.82, 2.24) is 0 Å². The maximum atomic E-state index is 0. The smallest absolute Gasteiger partial charge is 0 e. The molecule has 0 saturated heterocycles. The molecule has 0 aromatic carbocycles. The molecule has 0 saturated carbocycles. The molecule has 0 aliphatic heterocycles. The summed E-state index contributed by atoms with van der Waals surface area (Å²) in [5, 5.41) is 0. The second-order valence-electron chi connectivity index (χ2n) is 0. The van der Waals surface area contributed by atoms with Crippen molar-refractivity contribution in [3.8, 4) is 0 Å². The molecule has 0 spiro atoms. The Morgan fingerprint density at radius 2 is 0.400 bits per heavy atom. The van der Waals surface area contributed by atoms with Gasteiger partial charge in [0, 0.05) is 61.3 Å². The van der Waals surface area contributed by atoms with Crippen LogP contribution in [0, 0.1) is 0 Å². The monoisotopic (exact) mass is 561 g/mol. The molecule has 0 amide bonds. The van der Waals surface area contributed by atoms with Gasteiger partial charge < -0.3 is 27.4 Å². The molecular weight excluding hydrogens is 548 g/mol. The molecule has 0 fully saturated rings. The second-order valence-corrected chi connectivity index (χ2v) is 0. The Hall–Kier alpha value is 3.53. The van der Waals surface area contributed by atoms with Crippen molar-refractivity contribution >= 4 is 51.7 Å². The molecule has 67 valence electrons. The zero-order valence-corrected chi connectivity index (χ0v) is 11.6. The quantitative estimate of drug-likeness (QED) is 0.257. The van der Waals surface area contributed by atoms with E-state index in [0.29, 0.717) is 0 Å². The molecule has 0 aliphatic carbocycles. The third kappa shape index (κ3) is 103. The van der Waals surface area contributed by atoms with Crippen LogP contribution >= 0.6 is 0 Å². The van der Waals surface area contributed by atoms with Crippen LogP contribution in [0.5, 0.6) is 0 Å². The van der Waals surface area contributed by atoms with Gasteiger partial charge >= 0.3 is 51.7 Å². The van der Waals surface area contributed by atoms with E-state index >= 15 is 0 Å². The molecule has 10 heteroatoms. The first kappa shape index (κ1) is 171. The largest absolute Gasteiger partial charge is 0 e. The van der Waals surface area contributed by atoms with Gasteiger partial charge in [0.2, 0.25) is 0 Å². The third-order valence-corrected chi connectivity index (χ3v) is 0. The van der Waals surface area contributed by atoms with E-state index in [1.807, 2.05) is 0 Å². The Morgan fingerprint density at radius 3 is 0.400 bits per heavy atom. The summed E-state index contributed by atoms with van der Waals surface area (Å²) in [7, 11) is 0. The van der Waals surface area contributed by atoms with Crippen LogP contribution in [0.3, 0.4) is 0 Å². The standard InChI is InChI=1S/Ag.2In.5H2O.2Zn.6H/h;;;5*1H2;;;;;;;;. The number of hydrogen-bond donors (Lipinski definition) is 0. The van der Waals surface area contributed by atoms with Gasteiger partial charge in [0.15, 0.2) is 0 Å². The maximum Gasteiger partial charge on any atom is 0 e. The minimum Gasteiger partial charge on any atom is 0 e. The van der Waals surface area contributed by atoms with E-state index < -0.39 is 0 Å². The van der Waals surface area contributed by atoms with E-state index in [1.165, 1.54) is 0 Å². The van der Waals surface area contributed by atoms with Crippen LogP contribution in [0.2, 0.25) is 0 Å². The fourth-order valence-corrected chi connectivity index (χ4v) is 0. The summed E-state index contributed by atoms with van der Waals surface area (Å²) in [6.45, 7) is 0. The van der Waals surface area contributed by atoms with Gasteiger partial charge in [-0.1, -0.05) is 0 Å². The average molecular weight is 564 g/mol. The Morgan fingerprint density at radius 1 is 0.400 bits per heavy atom. The van der Waals surface area contributed by atoms with Gasteiger partial charge in [-0.15, -0.1) is 0 Å². The first-order chi connectivity index (χ1) is 0. The van der Waals surface area contributed by atoms with Crippen molar-refractivity contribution in [1.29, 1.82) is 0 Å². The van der Waals surface area contributed by atoms with Crippen LogP contribution in [0.1, 0.15) is 0 Å². The zero-order valence-electron chi connectivity index (χ0n) is 4.22. The van der Waals surface area contributed by atoms with Crippen molar-refractivity contribution in [2.45, 2.75) is 0 Å². The molecule has 0 aromatic heterocycles. The fourth-order valence-electron chi connectivity index (χ4n) is 0. The molecule has 10 N–H and O–H groups in total. The van der Waals surface area contributed by atoms with Crippen LogP contribution in [-0.2, 0) is 61.3 Å². The van der Waals surface area contributed by atoms with Gasteiger partial charge in [0.25, 0.3) is 0 Å². The van der Waals surface area contributed by atoms with Gasteiger partial charge in [0.1, 0.15) is 0 Å².